The molecular formula is C9H14O2. The molecule has 1 unspecified atom stereocenters. The van der Waals surface area contributed by atoms with Gasteiger partial charge in [0.15, 0.2) is 0 Å². The molecular weight excluding hydrogens is 140 g/mol. The standard InChI is InChI=1S/C9H14O2/c1-3-6-9(10,7-11-2)8-4-5-8/h1,8,10H,4-7H2,2H3. The van der Waals surface area contributed by atoms with Crippen LogP contribution in [-0.2, 0) is 4.74 Å². The van der Waals surface area contributed by atoms with E-state index in [0.29, 0.717) is 18.9 Å². The Kier molecular flexibility index (Phi) is 2.53. The summed E-state index contributed by atoms with van der Waals surface area (Å²) in [7, 11) is 1.59. The van der Waals surface area contributed by atoms with Gasteiger partial charge in [-0.3, -0.25) is 0 Å². The third-order valence-corrected chi connectivity index (χ3v) is 2.14. The van der Waals surface area contributed by atoms with Crippen molar-refractivity contribution in [2.75, 3.05) is 13.7 Å². The van der Waals surface area contributed by atoms with Crippen LogP contribution in [0.3, 0.4) is 0 Å². The smallest absolute Gasteiger partial charge is 0.102 e. The highest BCUT2D eigenvalue weighted by Crippen LogP contribution is 2.41. The van der Waals surface area contributed by atoms with Gasteiger partial charge in [0.2, 0.25) is 0 Å². The molecule has 1 aliphatic carbocycles. The lowest BCUT2D eigenvalue weighted by Gasteiger charge is -2.24. The SMILES string of the molecule is C#CCC(O)(COC)C1CC1. The Hall–Kier alpha value is -0.520. The van der Waals surface area contributed by atoms with Gasteiger partial charge in [0.25, 0.3) is 0 Å². The molecule has 1 atom stereocenters. The van der Waals surface area contributed by atoms with E-state index < -0.39 is 5.60 Å². The highest BCUT2D eigenvalue weighted by molar-refractivity contribution is 5.02. The Labute approximate surface area is 67.6 Å². The highest BCUT2D eigenvalue weighted by Gasteiger charge is 2.43. The zero-order valence-electron chi connectivity index (χ0n) is 6.84. The minimum absolute atomic E-state index is 0.363. The molecule has 0 aromatic carbocycles. The Balaban J connectivity index is 2.47. The fourth-order valence-corrected chi connectivity index (χ4v) is 1.36. The van der Waals surface area contributed by atoms with E-state index in [1.54, 1.807) is 7.11 Å². The molecule has 0 bridgehead atoms. The summed E-state index contributed by atoms with van der Waals surface area (Å²) in [5.74, 6) is 2.86. The molecule has 2 heteroatoms. The number of methoxy groups -OCH3 is 1. The second-order valence-corrected chi connectivity index (χ2v) is 3.19. The van der Waals surface area contributed by atoms with Gasteiger partial charge in [-0.2, -0.15) is 0 Å². The van der Waals surface area contributed by atoms with Crippen LogP contribution in [0, 0.1) is 18.3 Å². The largest absolute Gasteiger partial charge is 0.386 e. The second kappa shape index (κ2) is 3.25. The lowest BCUT2D eigenvalue weighted by atomic mass is 9.95. The first-order chi connectivity index (χ1) is 5.23. The minimum atomic E-state index is -0.747. The third kappa shape index (κ3) is 1.95. The fraction of sp³-hybridized carbons (Fsp3) is 0.778. The molecule has 0 saturated heterocycles. The maximum Gasteiger partial charge on any atom is 0.102 e. The average Bonchev–Trinajstić information content (AvgIpc) is 2.68. The summed E-state index contributed by atoms with van der Waals surface area (Å²) in [6.45, 7) is 0.363. The van der Waals surface area contributed by atoms with Crippen LogP contribution in [0.15, 0.2) is 0 Å². The summed E-state index contributed by atoms with van der Waals surface area (Å²) < 4.78 is 4.92. The molecule has 0 heterocycles. The Morgan fingerprint density at radius 1 is 1.73 bits per heavy atom. The van der Waals surface area contributed by atoms with Gasteiger partial charge in [-0.15, -0.1) is 12.3 Å². The summed E-state index contributed by atoms with van der Waals surface area (Å²) in [6, 6.07) is 0. The van der Waals surface area contributed by atoms with Gasteiger partial charge in [-0.25, -0.2) is 0 Å². The molecule has 11 heavy (non-hydrogen) atoms. The number of hydrogen-bond acceptors (Lipinski definition) is 2. The van der Waals surface area contributed by atoms with E-state index in [1.165, 1.54) is 0 Å². The van der Waals surface area contributed by atoms with Gasteiger partial charge >= 0.3 is 0 Å². The highest BCUT2D eigenvalue weighted by atomic mass is 16.5. The lowest BCUT2D eigenvalue weighted by Crippen LogP contribution is -2.36. The van der Waals surface area contributed by atoms with Crippen LogP contribution in [-0.4, -0.2) is 24.4 Å². The van der Waals surface area contributed by atoms with Crippen molar-refractivity contribution in [2.45, 2.75) is 24.9 Å². The van der Waals surface area contributed by atoms with Crippen LogP contribution >= 0.6 is 0 Å². The van der Waals surface area contributed by atoms with Gasteiger partial charge in [0.1, 0.15) is 5.60 Å². The quantitative estimate of drug-likeness (QED) is 0.607. The zero-order chi connectivity index (χ0) is 8.32. The Bertz CT molecular complexity index is 167. The number of ether oxygens (including phenoxy) is 1. The summed E-state index contributed by atoms with van der Waals surface area (Å²) in [5.41, 5.74) is -0.747. The van der Waals surface area contributed by atoms with Crippen molar-refractivity contribution in [1.29, 1.82) is 0 Å². The molecule has 1 rings (SSSR count). The molecule has 0 aromatic heterocycles. The molecule has 1 aliphatic rings. The summed E-state index contributed by atoms with van der Waals surface area (Å²) in [5, 5.41) is 9.88. The monoisotopic (exact) mass is 154 g/mol. The first-order valence-electron chi connectivity index (χ1n) is 3.88. The fourth-order valence-electron chi connectivity index (χ4n) is 1.36. The van der Waals surface area contributed by atoms with Gasteiger partial charge in [0.05, 0.1) is 6.61 Å². The van der Waals surface area contributed by atoms with Crippen LogP contribution in [0.5, 0.6) is 0 Å². The van der Waals surface area contributed by atoms with E-state index in [9.17, 15) is 5.11 Å². The summed E-state index contributed by atoms with van der Waals surface area (Å²) in [6.07, 6.45) is 7.72. The molecule has 0 radical (unpaired) electrons. The van der Waals surface area contributed by atoms with Gasteiger partial charge in [-0.1, -0.05) is 0 Å². The van der Waals surface area contributed by atoms with Gasteiger partial charge in [0, 0.05) is 13.5 Å². The van der Waals surface area contributed by atoms with Gasteiger partial charge in [-0.05, 0) is 18.8 Å². The molecule has 0 amide bonds. The van der Waals surface area contributed by atoms with Crippen molar-refractivity contribution in [1.82, 2.24) is 0 Å². The topological polar surface area (TPSA) is 29.5 Å². The van der Waals surface area contributed by atoms with E-state index >= 15 is 0 Å². The summed E-state index contributed by atoms with van der Waals surface area (Å²) >= 11 is 0. The maximum atomic E-state index is 9.88. The van der Waals surface area contributed by atoms with Crippen LogP contribution < -0.4 is 0 Å². The predicted octanol–water partition coefficient (Wildman–Crippen LogP) is 0.797. The maximum absolute atomic E-state index is 9.88. The number of terminal acetylenes is 1. The van der Waals surface area contributed by atoms with Crippen LogP contribution in [0.25, 0.3) is 0 Å². The first kappa shape index (κ1) is 8.58. The van der Waals surface area contributed by atoms with E-state index in [1.807, 2.05) is 0 Å². The number of aliphatic hydroxyl groups is 1. The second-order valence-electron chi connectivity index (χ2n) is 3.19. The van der Waals surface area contributed by atoms with Crippen molar-refractivity contribution in [3.8, 4) is 12.3 Å². The van der Waals surface area contributed by atoms with E-state index in [4.69, 9.17) is 11.2 Å². The number of rotatable bonds is 4. The van der Waals surface area contributed by atoms with Crippen molar-refractivity contribution in [3.05, 3.63) is 0 Å². The average molecular weight is 154 g/mol. The molecule has 2 nitrogen and oxygen atoms in total. The van der Waals surface area contributed by atoms with E-state index in [-0.39, 0.29) is 0 Å². The molecule has 62 valence electrons. The van der Waals surface area contributed by atoms with Crippen LogP contribution in [0.2, 0.25) is 0 Å². The molecule has 1 fully saturated rings. The van der Waals surface area contributed by atoms with Crippen molar-refractivity contribution < 1.29 is 9.84 Å². The van der Waals surface area contributed by atoms with Crippen LogP contribution in [0.1, 0.15) is 19.3 Å². The molecule has 1 N–H and O–H groups in total. The summed E-state index contributed by atoms with van der Waals surface area (Å²) in [4.78, 5) is 0. The first-order valence-corrected chi connectivity index (χ1v) is 3.88. The van der Waals surface area contributed by atoms with Gasteiger partial charge < -0.3 is 9.84 Å². The van der Waals surface area contributed by atoms with E-state index in [0.717, 1.165) is 12.8 Å². The molecule has 0 aliphatic heterocycles. The number of hydrogen-bond donors (Lipinski definition) is 1. The van der Waals surface area contributed by atoms with Crippen LogP contribution in [0.4, 0.5) is 0 Å². The predicted molar refractivity (Wildman–Crippen MR) is 43.0 cm³/mol. The Morgan fingerprint density at radius 3 is 2.73 bits per heavy atom. The molecule has 0 aromatic rings. The normalized spacial score (nSPS) is 22.3. The minimum Gasteiger partial charge on any atom is -0.386 e. The zero-order valence-corrected chi connectivity index (χ0v) is 6.84. The molecule has 0 spiro atoms. The third-order valence-electron chi connectivity index (χ3n) is 2.14. The van der Waals surface area contributed by atoms with Crippen molar-refractivity contribution in [3.63, 3.8) is 0 Å². The Morgan fingerprint density at radius 2 is 2.36 bits per heavy atom. The lowest BCUT2D eigenvalue weighted by molar-refractivity contribution is -0.0439. The molecule has 1 saturated carbocycles. The van der Waals surface area contributed by atoms with E-state index in [2.05, 4.69) is 5.92 Å². The van der Waals surface area contributed by atoms with Crippen molar-refractivity contribution in [2.24, 2.45) is 5.92 Å². The van der Waals surface area contributed by atoms with Crippen molar-refractivity contribution >= 4 is 0 Å².